The van der Waals surface area contributed by atoms with Crippen molar-refractivity contribution in [2.45, 2.75) is 52.0 Å². The second kappa shape index (κ2) is 6.04. The van der Waals surface area contributed by atoms with E-state index >= 15 is 0 Å². The summed E-state index contributed by atoms with van der Waals surface area (Å²) in [5, 5.41) is 6.56. The zero-order chi connectivity index (χ0) is 13.7. The van der Waals surface area contributed by atoms with Crippen molar-refractivity contribution in [3.63, 3.8) is 0 Å². The monoisotopic (exact) mass is 265 g/mol. The summed E-state index contributed by atoms with van der Waals surface area (Å²) in [5.41, 5.74) is 0.161. The molecule has 6 nitrogen and oxygen atoms in total. The molecule has 2 N–H and O–H groups in total. The summed E-state index contributed by atoms with van der Waals surface area (Å²) in [5.74, 6) is 1.17. The van der Waals surface area contributed by atoms with Gasteiger partial charge >= 0.3 is 6.01 Å². The van der Waals surface area contributed by atoms with Crippen molar-refractivity contribution in [3.05, 3.63) is 0 Å². The van der Waals surface area contributed by atoms with Crippen LogP contribution in [0.1, 0.15) is 46.5 Å². The molecule has 0 spiro atoms. The Morgan fingerprint density at radius 1 is 1.11 bits per heavy atom. The second-order valence-electron chi connectivity index (χ2n) is 4.84. The normalized spacial score (nSPS) is 16.6. The van der Waals surface area contributed by atoms with Crippen LogP contribution in [0.5, 0.6) is 6.01 Å². The predicted octanol–water partition coefficient (Wildman–Crippen LogP) is 2.45. The smallest absolute Gasteiger partial charge is 0.323 e. The maximum atomic E-state index is 5.39. The molecular formula is C13H23N5O. The summed E-state index contributed by atoms with van der Waals surface area (Å²) >= 11 is 0. The van der Waals surface area contributed by atoms with E-state index in [0.29, 0.717) is 24.5 Å². The van der Waals surface area contributed by atoms with Crippen molar-refractivity contribution < 1.29 is 4.74 Å². The lowest BCUT2D eigenvalue weighted by atomic mass is 9.75. The van der Waals surface area contributed by atoms with Crippen molar-refractivity contribution in [2.24, 2.45) is 0 Å². The molecule has 1 aromatic rings. The fourth-order valence-corrected chi connectivity index (χ4v) is 2.25. The van der Waals surface area contributed by atoms with Crippen molar-refractivity contribution in [1.82, 2.24) is 15.0 Å². The third kappa shape index (κ3) is 3.24. The van der Waals surface area contributed by atoms with Crippen LogP contribution in [0.3, 0.4) is 0 Å². The molecular weight excluding hydrogens is 242 g/mol. The van der Waals surface area contributed by atoms with Crippen LogP contribution < -0.4 is 15.4 Å². The molecule has 19 heavy (non-hydrogen) atoms. The maximum absolute atomic E-state index is 5.39. The number of nitrogens with zero attached hydrogens (tertiary/aromatic N) is 3. The second-order valence-corrected chi connectivity index (χ2v) is 4.84. The van der Waals surface area contributed by atoms with Crippen LogP contribution >= 0.6 is 0 Å². The Labute approximate surface area is 114 Å². The van der Waals surface area contributed by atoms with Gasteiger partial charge in [-0.25, -0.2) is 0 Å². The zero-order valence-electron chi connectivity index (χ0n) is 12.0. The minimum Gasteiger partial charge on any atom is -0.464 e. The zero-order valence-corrected chi connectivity index (χ0v) is 12.0. The number of hydrogen-bond donors (Lipinski definition) is 2. The average molecular weight is 265 g/mol. The van der Waals surface area contributed by atoms with Gasteiger partial charge in [0.05, 0.1) is 6.61 Å². The van der Waals surface area contributed by atoms with E-state index in [1.807, 2.05) is 13.8 Å². The van der Waals surface area contributed by atoms with Gasteiger partial charge in [0.2, 0.25) is 11.9 Å². The Kier molecular flexibility index (Phi) is 4.39. The number of hydrogen-bond acceptors (Lipinski definition) is 6. The first-order chi connectivity index (χ1) is 9.21. The standard InChI is InChI=1S/C13H23N5O/c1-4-13(8-7-9-13)18-11-15-10(14-5-2)16-12(17-11)19-6-3/h4-9H2,1-3H3,(H2,14,15,16,17,18). The number of anilines is 2. The number of rotatable bonds is 7. The summed E-state index contributed by atoms with van der Waals surface area (Å²) < 4.78 is 5.39. The van der Waals surface area contributed by atoms with Crippen LogP contribution in [0.15, 0.2) is 0 Å². The quantitative estimate of drug-likeness (QED) is 0.789. The Morgan fingerprint density at radius 3 is 2.37 bits per heavy atom. The Morgan fingerprint density at radius 2 is 1.84 bits per heavy atom. The van der Waals surface area contributed by atoms with Crippen molar-refractivity contribution >= 4 is 11.9 Å². The molecule has 0 aromatic carbocycles. The number of aromatic nitrogens is 3. The third-order valence-corrected chi connectivity index (χ3v) is 3.59. The summed E-state index contributed by atoms with van der Waals surface area (Å²) in [7, 11) is 0. The van der Waals surface area contributed by atoms with E-state index in [9.17, 15) is 0 Å². The van der Waals surface area contributed by atoms with E-state index in [1.54, 1.807) is 0 Å². The fraction of sp³-hybridized carbons (Fsp3) is 0.769. The highest BCUT2D eigenvalue weighted by molar-refractivity contribution is 5.38. The highest BCUT2D eigenvalue weighted by atomic mass is 16.5. The van der Waals surface area contributed by atoms with E-state index in [0.717, 1.165) is 13.0 Å². The molecule has 0 radical (unpaired) electrons. The van der Waals surface area contributed by atoms with Gasteiger partial charge in [0.15, 0.2) is 0 Å². The molecule has 0 aliphatic heterocycles. The molecule has 0 saturated heterocycles. The molecule has 6 heteroatoms. The molecule has 1 saturated carbocycles. The van der Waals surface area contributed by atoms with E-state index in [-0.39, 0.29) is 5.54 Å². The van der Waals surface area contributed by atoms with Gasteiger partial charge in [0.25, 0.3) is 0 Å². The molecule has 1 aromatic heterocycles. The van der Waals surface area contributed by atoms with Crippen LogP contribution in [-0.4, -0.2) is 33.6 Å². The highest BCUT2D eigenvalue weighted by Crippen LogP contribution is 2.37. The maximum Gasteiger partial charge on any atom is 0.323 e. The lowest BCUT2D eigenvalue weighted by Crippen LogP contribution is -2.44. The van der Waals surface area contributed by atoms with Crippen LogP contribution in [-0.2, 0) is 0 Å². The lowest BCUT2D eigenvalue weighted by molar-refractivity contribution is 0.266. The summed E-state index contributed by atoms with van der Waals surface area (Å²) in [6, 6.07) is 0.376. The molecule has 106 valence electrons. The van der Waals surface area contributed by atoms with E-state index in [1.165, 1.54) is 19.3 Å². The lowest BCUT2D eigenvalue weighted by Gasteiger charge is -2.41. The van der Waals surface area contributed by atoms with Crippen LogP contribution in [0.4, 0.5) is 11.9 Å². The van der Waals surface area contributed by atoms with Gasteiger partial charge in [0, 0.05) is 12.1 Å². The van der Waals surface area contributed by atoms with E-state index in [2.05, 4.69) is 32.5 Å². The van der Waals surface area contributed by atoms with Gasteiger partial charge < -0.3 is 15.4 Å². The van der Waals surface area contributed by atoms with Gasteiger partial charge in [-0.2, -0.15) is 15.0 Å². The first-order valence-corrected chi connectivity index (χ1v) is 7.12. The van der Waals surface area contributed by atoms with Crippen LogP contribution in [0, 0.1) is 0 Å². The Balaban J connectivity index is 2.17. The van der Waals surface area contributed by atoms with Crippen molar-refractivity contribution in [1.29, 1.82) is 0 Å². The molecule has 1 heterocycles. The minimum absolute atomic E-state index is 0.161. The summed E-state index contributed by atoms with van der Waals surface area (Å²) in [6.07, 6.45) is 4.70. The van der Waals surface area contributed by atoms with Gasteiger partial charge in [-0.05, 0) is 39.5 Å². The predicted molar refractivity (Wildman–Crippen MR) is 75.7 cm³/mol. The average Bonchev–Trinajstić information content (AvgIpc) is 2.34. The SMILES string of the molecule is CCNc1nc(NC2(CC)CCC2)nc(OCC)n1. The molecule has 1 aliphatic rings. The largest absolute Gasteiger partial charge is 0.464 e. The summed E-state index contributed by atoms with van der Waals surface area (Å²) in [4.78, 5) is 12.9. The van der Waals surface area contributed by atoms with Gasteiger partial charge in [0.1, 0.15) is 0 Å². The van der Waals surface area contributed by atoms with Gasteiger partial charge in [-0.15, -0.1) is 0 Å². The molecule has 2 rings (SSSR count). The fourth-order valence-electron chi connectivity index (χ4n) is 2.25. The topological polar surface area (TPSA) is 72.0 Å². The van der Waals surface area contributed by atoms with Gasteiger partial charge in [-0.1, -0.05) is 6.92 Å². The van der Waals surface area contributed by atoms with Crippen LogP contribution in [0.25, 0.3) is 0 Å². The van der Waals surface area contributed by atoms with Crippen LogP contribution in [0.2, 0.25) is 0 Å². The first-order valence-electron chi connectivity index (χ1n) is 7.12. The van der Waals surface area contributed by atoms with E-state index < -0.39 is 0 Å². The number of nitrogens with one attached hydrogen (secondary N) is 2. The summed E-state index contributed by atoms with van der Waals surface area (Å²) in [6.45, 7) is 7.45. The molecule has 0 atom stereocenters. The van der Waals surface area contributed by atoms with Crippen molar-refractivity contribution in [3.8, 4) is 6.01 Å². The highest BCUT2D eigenvalue weighted by Gasteiger charge is 2.35. The molecule has 0 amide bonds. The van der Waals surface area contributed by atoms with Crippen molar-refractivity contribution in [2.75, 3.05) is 23.8 Å². The van der Waals surface area contributed by atoms with E-state index in [4.69, 9.17) is 4.74 Å². The molecule has 1 fully saturated rings. The molecule has 0 bridgehead atoms. The Hall–Kier alpha value is -1.59. The number of ether oxygens (including phenoxy) is 1. The first kappa shape index (κ1) is 13.8. The molecule has 1 aliphatic carbocycles. The minimum atomic E-state index is 0.161. The third-order valence-electron chi connectivity index (χ3n) is 3.59. The Bertz CT molecular complexity index is 390. The van der Waals surface area contributed by atoms with Gasteiger partial charge in [-0.3, -0.25) is 0 Å². The molecule has 0 unspecified atom stereocenters.